The van der Waals surface area contributed by atoms with E-state index in [2.05, 4.69) is 34.5 Å². The fourth-order valence-electron chi connectivity index (χ4n) is 2.62. The van der Waals surface area contributed by atoms with Gasteiger partial charge < -0.3 is 15.4 Å². The molecule has 134 valence electrons. The molecule has 0 radical (unpaired) electrons. The predicted molar refractivity (Wildman–Crippen MR) is 101 cm³/mol. The zero-order valence-corrected chi connectivity index (χ0v) is 15.9. The molecule has 2 rings (SSSR count). The molecule has 0 aliphatic heterocycles. The number of halogens is 1. The Morgan fingerprint density at radius 2 is 2.17 bits per heavy atom. The molecular formula is C18H29ClN4O. The summed E-state index contributed by atoms with van der Waals surface area (Å²) in [6, 6.07) is 7.05. The summed E-state index contributed by atoms with van der Waals surface area (Å²) in [4.78, 5) is 6.73. The first kappa shape index (κ1) is 18.9. The standard InChI is InChI=1S/C18H29ClN4O/c1-13(23(3)15-6-7-15)12-22-18(20-2)21-10-9-14-5-8-16(24-4)11-17(14)19/h5,8,11,13,15H,6-7,9-10,12H2,1-4H3,(H2,20,21,22). The number of methoxy groups -OCH3 is 1. The summed E-state index contributed by atoms with van der Waals surface area (Å²) in [6.07, 6.45) is 3.49. The van der Waals surface area contributed by atoms with Gasteiger partial charge >= 0.3 is 0 Å². The number of benzene rings is 1. The van der Waals surface area contributed by atoms with Crippen molar-refractivity contribution in [3.05, 3.63) is 28.8 Å². The van der Waals surface area contributed by atoms with E-state index in [4.69, 9.17) is 16.3 Å². The van der Waals surface area contributed by atoms with E-state index in [0.29, 0.717) is 6.04 Å². The van der Waals surface area contributed by atoms with Crippen LogP contribution in [-0.4, -0.2) is 57.2 Å². The Kier molecular flexibility index (Phi) is 7.18. The second-order valence-corrected chi connectivity index (χ2v) is 6.74. The van der Waals surface area contributed by atoms with Gasteiger partial charge in [-0.15, -0.1) is 0 Å². The molecule has 0 bridgehead atoms. The molecule has 0 spiro atoms. The van der Waals surface area contributed by atoms with Gasteiger partial charge in [0.05, 0.1) is 7.11 Å². The van der Waals surface area contributed by atoms with E-state index < -0.39 is 0 Å². The van der Waals surface area contributed by atoms with Crippen molar-refractivity contribution in [2.45, 2.75) is 38.3 Å². The highest BCUT2D eigenvalue weighted by atomic mass is 35.5. The lowest BCUT2D eigenvalue weighted by Crippen LogP contribution is -2.45. The number of hydrogen-bond acceptors (Lipinski definition) is 3. The van der Waals surface area contributed by atoms with Gasteiger partial charge in [-0.2, -0.15) is 0 Å². The first-order valence-corrected chi connectivity index (χ1v) is 8.91. The third kappa shape index (κ3) is 5.56. The van der Waals surface area contributed by atoms with Gasteiger partial charge in [0.2, 0.25) is 0 Å². The highest BCUT2D eigenvalue weighted by Crippen LogP contribution is 2.26. The quantitative estimate of drug-likeness (QED) is 0.557. The highest BCUT2D eigenvalue weighted by molar-refractivity contribution is 6.31. The Morgan fingerprint density at radius 1 is 1.42 bits per heavy atom. The average molecular weight is 353 g/mol. The van der Waals surface area contributed by atoms with Crippen molar-refractivity contribution in [2.24, 2.45) is 4.99 Å². The minimum absolute atomic E-state index is 0.493. The lowest BCUT2D eigenvalue weighted by atomic mass is 10.1. The fraction of sp³-hybridized carbons (Fsp3) is 0.611. The Balaban J connectivity index is 1.73. The average Bonchev–Trinajstić information content (AvgIpc) is 3.43. The maximum atomic E-state index is 6.27. The lowest BCUT2D eigenvalue weighted by Gasteiger charge is -2.25. The Morgan fingerprint density at radius 3 is 2.75 bits per heavy atom. The van der Waals surface area contributed by atoms with Gasteiger partial charge in [0.15, 0.2) is 5.96 Å². The van der Waals surface area contributed by atoms with Gasteiger partial charge in [0.25, 0.3) is 0 Å². The number of likely N-dealkylation sites (N-methyl/N-ethyl adjacent to an activating group) is 1. The van der Waals surface area contributed by atoms with Crippen LogP contribution in [0.25, 0.3) is 0 Å². The zero-order valence-electron chi connectivity index (χ0n) is 15.1. The van der Waals surface area contributed by atoms with Crippen LogP contribution in [0.15, 0.2) is 23.2 Å². The lowest BCUT2D eigenvalue weighted by molar-refractivity contribution is 0.247. The number of rotatable bonds is 8. The summed E-state index contributed by atoms with van der Waals surface area (Å²) in [7, 11) is 5.64. The van der Waals surface area contributed by atoms with E-state index in [1.807, 2.05) is 18.2 Å². The second kappa shape index (κ2) is 9.14. The summed E-state index contributed by atoms with van der Waals surface area (Å²) in [5.41, 5.74) is 1.10. The van der Waals surface area contributed by atoms with Crippen LogP contribution >= 0.6 is 11.6 Å². The summed E-state index contributed by atoms with van der Waals surface area (Å²) >= 11 is 6.27. The van der Waals surface area contributed by atoms with E-state index in [-0.39, 0.29) is 0 Å². The van der Waals surface area contributed by atoms with Gasteiger partial charge in [-0.05, 0) is 50.9 Å². The van der Waals surface area contributed by atoms with Crippen LogP contribution in [0.4, 0.5) is 0 Å². The van der Waals surface area contributed by atoms with Crippen molar-refractivity contribution in [1.82, 2.24) is 15.5 Å². The SMILES string of the molecule is CN=C(NCCc1ccc(OC)cc1Cl)NCC(C)N(C)C1CC1. The van der Waals surface area contributed by atoms with Crippen molar-refractivity contribution in [2.75, 3.05) is 34.3 Å². The first-order chi connectivity index (χ1) is 11.5. The first-order valence-electron chi connectivity index (χ1n) is 8.54. The normalized spacial score (nSPS) is 16.2. The number of hydrogen-bond donors (Lipinski definition) is 2. The van der Waals surface area contributed by atoms with Crippen LogP contribution in [-0.2, 0) is 6.42 Å². The molecule has 1 aromatic carbocycles. The minimum Gasteiger partial charge on any atom is -0.497 e. The summed E-state index contributed by atoms with van der Waals surface area (Å²) in [6.45, 7) is 3.91. The smallest absolute Gasteiger partial charge is 0.191 e. The van der Waals surface area contributed by atoms with Crippen molar-refractivity contribution in [3.8, 4) is 5.75 Å². The molecular weight excluding hydrogens is 324 g/mol. The van der Waals surface area contributed by atoms with Crippen molar-refractivity contribution >= 4 is 17.6 Å². The number of guanidine groups is 1. The van der Waals surface area contributed by atoms with E-state index >= 15 is 0 Å². The summed E-state index contributed by atoms with van der Waals surface area (Å²) in [5, 5.41) is 7.47. The highest BCUT2D eigenvalue weighted by Gasteiger charge is 2.28. The molecule has 1 unspecified atom stereocenters. The Hall–Kier alpha value is -1.46. The van der Waals surface area contributed by atoms with Crippen LogP contribution in [0, 0.1) is 0 Å². The summed E-state index contributed by atoms with van der Waals surface area (Å²) in [5.74, 6) is 1.61. The molecule has 1 aromatic rings. The number of nitrogens with one attached hydrogen (secondary N) is 2. The molecule has 24 heavy (non-hydrogen) atoms. The number of ether oxygens (including phenoxy) is 1. The van der Waals surface area contributed by atoms with Gasteiger partial charge in [0.1, 0.15) is 5.75 Å². The van der Waals surface area contributed by atoms with Crippen LogP contribution in [0.2, 0.25) is 5.02 Å². The molecule has 6 heteroatoms. The monoisotopic (exact) mass is 352 g/mol. The molecule has 1 fully saturated rings. The molecule has 0 heterocycles. The van der Waals surface area contributed by atoms with E-state index in [1.54, 1.807) is 14.2 Å². The predicted octanol–water partition coefficient (Wildman–Crippen LogP) is 2.54. The fourth-order valence-corrected chi connectivity index (χ4v) is 2.89. The van der Waals surface area contributed by atoms with E-state index in [1.165, 1.54) is 12.8 Å². The topological polar surface area (TPSA) is 48.9 Å². The van der Waals surface area contributed by atoms with Gasteiger partial charge in [-0.1, -0.05) is 17.7 Å². The number of aliphatic imine (C=N–C) groups is 1. The molecule has 0 aromatic heterocycles. The van der Waals surface area contributed by atoms with E-state index in [9.17, 15) is 0 Å². The minimum atomic E-state index is 0.493. The third-order valence-electron chi connectivity index (χ3n) is 4.55. The molecule has 2 N–H and O–H groups in total. The van der Waals surface area contributed by atoms with Crippen LogP contribution < -0.4 is 15.4 Å². The molecule has 0 saturated heterocycles. The molecule has 0 amide bonds. The molecule has 1 atom stereocenters. The second-order valence-electron chi connectivity index (χ2n) is 6.33. The third-order valence-corrected chi connectivity index (χ3v) is 4.91. The Labute approximate surface area is 150 Å². The van der Waals surface area contributed by atoms with Crippen molar-refractivity contribution in [1.29, 1.82) is 0 Å². The van der Waals surface area contributed by atoms with Crippen molar-refractivity contribution in [3.63, 3.8) is 0 Å². The maximum Gasteiger partial charge on any atom is 0.191 e. The summed E-state index contributed by atoms with van der Waals surface area (Å²) < 4.78 is 5.17. The molecule has 5 nitrogen and oxygen atoms in total. The van der Waals surface area contributed by atoms with Gasteiger partial charge in [-0.3, -0.25) is 9.89 Å². The molecule has 1 saturated carbocycles. The molecule has 1 aliphatic carbocycles. The maximum absolute atomic E-state index is 6.27. The van der Waals surface area contributed by atoms with Crippen LogP contribution in [0.3, 0.4) is 0 Å². The van der Waals surface area contributed by atoms with Crippen LogP contribution in [0.1, 0.15) is 25.3 Å². The zero-order chi connectivity index (χ0) is 17.5. The number of nitrogens with zero attached hydrogens (tertiary/aromatic N) is 2. The van der Waals surface area contributed by atoms with E-state index in [0.717, 1.165) is 47.8 Å². The van der Waals surface area contributed by atoms with Gasteiger partial charge in [-0.25, -0.2) is 0 Å². The largest absolute Gasteiger partial charge is 0.497 e. The van der Waals surface area contributed by atoms with Gasteiger partial charge in [0, 0.05) is 37.2 Å². The Bertz CT molecular complexity index is 560. The molecule has 1 aliphatic rings. The van der Waals surface area contributed by atoms with Crippen molar-refractivity contribution < 1.29 is 4.74 Å². The van der Waals surface area contributed by atoms with Crippen LogP contribution in [0.5, 0.6) is 5.75 Å².